The third kappa shape index (κ3) is 3.68. The van der Waals surface area contributed by atoms with Gasteiger partial charge in [-0.15, -0.1) is 0 Å². The van der Waals surface area contributed by atoms with E-state index in [2.05, 4.69) is 19.9 Å². The Balaban J connectivity index is 2.16. The van der Waals surface area contributed by atoms with Crippen molar-refractivity contribution in [1.82, 2.24) is 14.6 Å². The van der Waals surface area contributed by atoms with Crippen molar-refractivity contribution in [2.45, 2.75) is 30.7 Å². The summed E-state index contributed by atoms with van der Waals surface area (Å²) in [6.07, 6.45) is 4.77. The zero-order valence-electron chi connectivity index (χ0n) is 12.0. The van der Waals surface area contributed by atoms with Crippen molar-refractivity contribution in [3.05, 3.63) is 18.5 Å². The largest absolute Gasteiger partial charge is 0.384 e. The number of hydrogen-bond acceptors (Lipinski definition) is 5. The molecule has 1 aliphatic heterocycles. The van der Waals surface area contributed by atoms with Crippen LogP contribution in [-0.4, -0.2) is 51.0 Å². The second-order valence-corrected chi connectivity index (χ2v) is 6.85. The van der Waals surface area contributed by atoms with Gasteiger partial charge in [0.2, 0.25) is 10.0 Å². The fraction of sp³-hybridized carbons (Fsp3) is 0.615. The van der Waals surface area contributed by atoms with Gasteiger partial charge in [0.15, 0.2) is 0 Å². The van der Waals surface area contributed by atoms with Gasteiger partial charge in [0.05, 0.1) is 5.69 Å². The van der Waals surface area contributed by atoms with Gasteiger partial charge in [-0.05, 0) is 32.5 Å². The van der Waals surface area contributed by atoms with E-state index in [0.29, 0.717) is 5.69 Å². The summed E-state index contributed by atoms with van der Waals surface area (Å²) >= 11 is 0. The number of rotatable bonds is 6. The number of likely N-dealkylation sites (tertiary alicyclic amines) is 1. The highest BCUT2D eigenvalue weighted by Gasteiger charge is 2.27. The first-order valence-electron chi connectivity index (χ1n) is 6.91. The summed E-state index contributed by atoms with van der Waals surface area (Å²) in [7, 11) is -1.54. The molecule has 1 atom stereocenters. The van der Waals surface area contributed by atoms with Gasteiger partial charge in [-0.3, -0.25) is 4.98 Å². The molecule has 0 aliphatic carbocycles. The fourth-order valence-electron chi connectivity index (χ4n) is 2.31. The molecule has 1 fully saturated rings. The Bertz CT molecular complexity index is 547. The molecule has 20 heavy (non-hydrogen) atoms. The Hall–Kier alpha value is -1.18. The minimum absolute atomic E-state index is 0.0239. The van der Waals surface area contributed by atoms with E-state index in [4.69, 9.17) is 0 Å². The van der Waals surface area contributed by atoms with Crippen LogP contribution in [0, 0.1) is 0 Å². The predicted molar refractivity (Wildman–Crippen MR) is 79.2 cm³/mol. The molecule has 7 heteroatoms. The smallest absolute Gasteiger partial charge is 0.244 e. The van der Waals surface area contributed by atoms with Crippen molar-refractivity contribution in [3.63, 3.8) is 0 Å². The van der Waals surface area contributed by atoms with Gasteiger partial charge in [-0.2, -0.15) is 0 Å². The normalized spacial score (nSPS) is 20.2. The SMILES string of the molecule is CCCNc1ccncc1S(=O)(=O)NC1CCN(C)C1. The lowest BCUT2D eigenvalue weighted by molar-refractivity contribution is 0.407. The summed E-state index contributed by atoms with van der Waals surface area (Å²) in [4.78, 5) is 6.28. The summed E-state index contributed by atoms with van der Waals surface area (Å²) in [6.45, 7) is 4.44. The van der Waals surface area contributed by atoms with E-state index < -0.39 is 10.0 Å². The number of likely N-dealkylation sites (N-methyl/N-ethyl adjacent to an activating group) is 1. The van der Waals surface area contributed by atoms with Gasteiger partial charge < -0.3 is 10.2 Å². The van der Waals surface area contributed by atoms with Gasteiger partial charge in [-0.1, -0.05) is 6.92 Å². The maximum Gasteiger partial charge on any atom is 0.244 e. The number of anilines is 1. The molecule has 1 saturated heterocycles. The first-order chi connectivity index (χ1) is 9.53. The Kier molecular flexibility index (Phi) is 4.95. The Morgan fingerprint density at radius 2 is 2.30 bits per heavy atom. The standard InChI is InChI=1S/C13H22N4O2S/c1-3-6-15-12-4-7-14-9-13(12)20(18,19)16-11-5-8-17(2)10-11/h4,7,9,11,16H,3,5-6,8,10H2,1-2H3,(H,14,15). The molecule has 2 heterocycles. The molecule has 1 aromatic heterocycles. The molecule has 0 saturated carbocycles. The number of nitrogens with zero attached hydrogens (tertiary/aromatic N) is 2. The summed E-state index contributed by atoms with van der Waals surface area (Å²) in [5, 5.41) is 3.13. The second-order valence-electron chi connectivity index (χ2n) is 5.17. The average molecular weight is 298 g/mol. The lowest BCUT2D eigenvalue weighted by atomic mass is 10.3. The van der Waals surface area contributed by atoms with E-state index in [9.17, 15) is 8.42 Å². The number of aromatic nitrogens is 1. The minimum atomic E-state index is -3.53. The van der Waals surface area contributed by atoms with Crippen molar-refractivity contribution < 1.29 is 8.42 Å². The maximum absolute atomic E-state index is 12.5. The van der Waals surface area contributed by atoms with E-state index in [1.807, 2.05) is 14.0 Å². The Morgan fingerprint density at radius 1 is 1.50 bits per heavy atom. The number of hydrogen-bond donors (Lipinski definition) is 2. The lowest BCUT2D eigenvalue weighted by Gasteiger charge is -2.16. The van der Waals surface area contributed by atoms with Crippen LogP contribution in [0.1, 0.15) is 19.8 Å². The predicted octanol–water partition coefficient (Wildman–Crippen LogP) is 0.886. The van der Waals surface area contributed by atoms with Crippen LogP contribution in [0.4, 0.5) is 5.69 Å². The van der Waals surface area contributed by atoms with Gasteiger partial charge >= 0.3 is 0 Å². The molecule has 112 valence electrons. The summed E-state index contributed by atoms with van der Waals surface area (Å²) in [5.41, 5.74) is 0.612. The van der Waals surface area contributed by atoms with Crippen molar-refractivity contribution in [1.29, 1.82) is 0 Å². The average Bonchev–Trinajstić information content (AvgIpc) is 2.81. The third-order valence-corrected chi connectivity index (χ3v) is 4.90. The topological polar surface area (TPSA) is 74.3 Å². The molecule has 6 nitrogen and oxygen atoms in total. The molecule has 1 aliphatic rings. The van der Waals surface area contributed by atoms with Crippen LogP contribution in [0.5, 0.6) is 0 Å². The van der Waals surface area contributed by atoms with Crippen molar-refractivity contribution in [2.24, 2.45) is 0 Å². The van der Waals surface area contributed by atoms with E-state index in [-0.39, 0.29) is 10.9 Å². The zero-order chi connectivity index (χ0) is 14.6. The van der Waals surface area contributed by atoms with Gasteiger partial charge in [0.1, 0.15) is 4.90 Å². The van der Waals surface area contributed by atoms with Gasteiger partial charge in [0.25, 0.3) is 0 Å². The highest BCUT2D eigenvalue weighted by molar-refractivity contribution is 7.89. The molecule has 0 bridgehead atoms. The van der Waals surface area contributed by atoms with Crippen LogP contribution < -0.4 is 10.0 Å². The monoisotopic (exact) mass is 298 g/mol. The van der Waals surface area contributed by atoms with Crippen molar-refractivity contribution in [3.8, 4) is 0 Å². The number of pyridine rings is 1. The zero-order valence-corrected chi connectivity index (χ0v) is 12.8. The number of sulfonamides is 1. The minimum Gasteiger partial charge on any atom is -0.384 e. The molecule has 1 unspecified atom stereocenters. The number of nitrogens with one attached hydrogen (secondary N) is 2. The van der Waals surface area contributed by atoms with E-state index in [1.54, 1.807) is 12.3 Å². The molecular formula is C13H22N4O2S. The van der Waals surface area contributed by atoms with Crippen LogP contribution in [-0.2, 0) is 10.0 Å². The summed E-state index contributed by atoms with van der Waals surface area (Å²) < 4.78 is 27.7. The van der Waals surface area contributed by atoms with E-state index in [0.717, 1.165) is 32.5 Å². The molecule has 0 amide bonds. The molecule has 0 radical (unpaired) electrons. The van der Waals surface area contributed by atoms with Crippen LogP contribution in [0.3, 0.4) is 0 Å². The fourth-order valence-corrected chi connectivity index (χ4v) is 3.70. The molecule has 2 N–H and O–H groups in total. The highest BCUT2D eigenvalue weighted by Crippen LogP contribution is 2.20. The Morgan fingerprint density at radius 3 is 2.95 bits per heavy atom. The second kappa shape index (κ2) is 6.51. The highest BCUT2D eigenvalue weighted by atomic mass is 32.2. The van der Waals surface area contributed by atoms with Gasteiger partial charge in [0, 0.05) is 31.5 Å². The van der Waals surface area contributed by atoms with Crippen LogP contribution in [0.25, 0.3) is 0 Å². The summed E-state index contributed by atoms with van der Waals surface area (Å²) in [5.74, 6) is 0. The third-order valence-electron chi connectivity index (χ3n) is 3.35. The molecular weight excluding hydrogens is 276 g/mol. The molecule has 1 aromatic rings. The van der Waals surface area contributed by atoms with E-state index >= 15 is 0 Å². The first-order valence-corrected chi connectivity index (χ1v) is 8.40. The molecule has 0 aromatic carbocycles. The van der Waals surface area contributed by atoms with Crippen LogP contribution >= 0.6 is 0 Å². The maximum atomic E-state index is 12.5. The lowest BCUT2D eigenvalue weighted by Crippen LogP contribution is -2.36. The quantitative estimate of drug-likeness (QED) is 0.816. The van der Waals surface area contributed by atoms with Crippen LogP contribution in [0.2, 0.25) is 0 Å². The summed E-state index contributed by atoms with van der Waals surface area (Å²) in [6, 6.07) is 1.68. The van der Waals surface area contributed by atoms with Gasteiger partial charge in [-0.25, -0.2) is 13.1 Å². The van der Waals surface area contributed by atoms with Crippen LogP contribution in [0.15, 0.2) is 23.4 Å². The van der Waals surface area contributed by atoms with E-state index in [1.165, 1.54) is 6.20 Å². The Labute approximate surface area is 120 Å². The van der Waals surface area contributed by atoms with Crippen molar-refractivity contribution in [2.75, 3.05) is 32.0 Å². The molecule has 0 spiro atoms. The first kappa shape index (κ1) is 15.2. The molecule has 2 rings (SSSR count). The van der Waals surface area contributed by atoms with Crippen molar-refractivity contribution >= 4 is 15.7 Å².